The molecule has 0 spiro atoms. The Bertz CT molecular complexity index is 453. The van der Waals surface area contributed by atoms with Gasteiger partial charge in [-0.25, -0.2) is 0 Å². The second-order valence-electron chi connectivity index (χ2n) is 3.70. The summed E-state index contributed by atoms with van der Waals surface area (Å²) in [6.45, 7) is 5.72. The van der Waals surface area contributed by atoms with Gasteiger partial charge in [-0.3, -0.25) is 9.59 Å². The van der Waals surface area contributed by atoms with E-state index in [0.717, 1.165) is 0 Å². The van der Waals surface area contributed by atoms with Gasteiger partial charge in [0.05, 0.1) is 6.61 Å². The number of hydrogen-bond donors (Lipinski definition) is 0. The minimum absolute atomic E-state index is 0.194. The van der Waals surface area contributed by atoms with E-state index in [1.807, 2.05) is 6.92 Å². The maximum atomic E-state index is 11.4. The van der Waals surface area contributed by atoms with E-state index in [1.165, 1.54) is 6.07 Å². The van der Waals surface area contributed by atoms with Gasteiger partial charge in [0.1, 0.15) is 5.75 Å². The Morgan fingerprint density at radius 3 is 2.05 bits per heavy atom. The fourth-order valence-electron chi connectivity index (χ4n) is 1.30. The molecule has 0 N–H and O–H groups in total. The van der Waals surface area contributed by atoms with E-state index in [4.69, 9.17) is 14.2 Å². The maximum absolute atomic E-state index is 11.4. The van der Waals surface area contributed by atoms with Gasteiger partial charge in [0.2, 0.25) is 0 Å². The molecule has 1 aromatic rings. The maximum Gasteiger partial charge on any atom is 0.311 e. The fraction of sp³-hybridized carbons (Fsp3) is 0.429. The molecule has 104 valence electrons. The van der Waals surface area contributed by atoms with E-state index in [9.17, 15) is 9.59 Å². The molecule has 1 rings (SSSR count). The zero-order valence-electron chi connectivity index (χ0n) is 11.4. The van der Waals surface area contributed by atoms with Crippen LogP contribution in [0.15, 0.2) is 18.2 Å². The van der Waals surface area contributed by atoms with Crippen molar-refractivity contribution in [3.05, 3.63) is 18.2 Å². The largest absolute Gasteiger partial charge is 0.494 e. The van der Waals surface area contributed by atoms with Crippen LogP contribution < -0.4 is 14.2 Å². The van der Waals surface area contributed by atoms with Crippen LogP contribution in [0.25, 0.3) is 0 Å². The number of rotatable bonds is 6. The molecule has 0 aliphatic heterocycles. The lowest BCUT2D eigenvalue weighted by atomic mass is 10.3. The first kappa shape index (κ1) is 15.0. The molecular formula is C14H18O5. The summed E-state index contributed by atoms with van der Waals surface area (Å²) in [5.74, 6) is 0.176. The number of benzene rings is 1. The van der Waals surface area contributed by atoms with Crippen molar-refractivity contribution in [3.63, 3.8) is 0 Å². The number of hydrogen-bond acceptors (Lipinski definition) is 5. The Labute approximate surface area is 112 Å². The monoisotopic (exact) mass is 266 g/mol. The Kier molecular flexibility index (Phi) is 5.85. The normalized spacial score (nSPS) is 9.84. The van der Waals surface area contributed by atoms with Crippen LogP contribution in [-0.2, 0) is 9.59 Å². The molecule has 0 saturated carbocycles. The van der Waals surface area contributed by atoms with Gasteiger partial charge < -0.3 is 14.2 Å². The lowest BCUT2D eigenvalue weighted by Gasteiger charge is -2.11. The van der Waals surface area contributed by atoms with Gasteiger partial charge in [-0.2, -0.15) is 0 Å². The molecule has 5 heteroatoms. The first-order valence-electron chi connectivity index (χ1n) is 6.28. The number of carbonyl (C=O) groups excluding carboxylic acids is 2. The summed E-state index contributed by atoms with van der Waals surface area (Å²) in [4.78, 5) is 22.7. The van der Waals surface area contributed by atoms with Gasteiger partial charge in [0.25, 0.3) is 0 Å². The molecule has 1 aromatic carbocycles. The third kappa shape index (κ3) is 4.62. The highest BCUT2D eigenvalue weighted by molar-refractivity contribution is 5.76. The fourth-order valence-corrected chi connectivity index (χ4v) is 1.30. The SMILES string of the molecule is CCOc1ccc(OC(=O)CC)c(OC(=O)CC)c1. The first-order chi connectivity index (χ1) is 9.10. The molecule has 0 bridgehead atoms. The van der Waals surface area contributed by atoms with Crippen LogP contribution >= 0.6 is 0 Å². The third-order valence-corrected chi connectivity index (χ3v) is 2.25. The van der Waals surface area contributed by atoms with E-state index in [0.29, 0.717) is 12.4 Å². The van der Waals surface area contributed by atoms with Crippen molar-refractivity contribution in [1.82, 2.24) is 0 Å². The van der Waals surface area contributed by atoms with Crippen molar-refractivity contribution in [2.45, 2.75) is 33.6 Å². The van der Waals surface area contributed by atoms with Gasteiger partial charge in [-0.1, -0.05) is 13.8 Å². The number of esters is 2. The molecule has 5 nitrogen and oxygen atoms in total. The van der Waals surface area contributed by atoms with Crippen molar-refractivity contribution in [2.75, 3.05) is 6.61 Å². The van der Waals surface area contributed by atoms with E-state index in [1.54, 1.807) is 26.0 Å². The standard InChI is InChI=1S/C14H18O5/c1-4-13(15)18-11-8-7-10(17-6-3)9-12(11)19-14(16)5-2/h7-9H,4-6H2,1-3H3. The van der Waals surface area contributed by atoms with Crippen LogP contribution in [0.2, 0.25) is 0 Å². The molecule has 0 saturated heterocycles. The highest BCUT2D eigenvalue weighted by Crippen LogP contribution is 2.32. The Morgan fingerprint density at radius 1 is 0.947 bits per heavy atom. The topological polar surface area (TPSA) is 61.8 Å². The molecular weight excluding hydrogens is 248 g/mol. The van der Waals surface area contributed by atoms with Crippen LogP contribution in [0.3, 0.4) is 0 Å². The molecule has 0 amide bonds. The van der Waals surface area contributed by atoms with Crippen LogP contribution in [-0.4, -0.2) is 18.5 Å². The quantitative estimate of drug-likeness (QED) is 0.585. The number of ether oxygens (including phenoxy) is 3. The molecule has 0 radical (unpaired) electrons. The summed E-state index contributed by atoms with van der Waals surface area (Å²) in [6, 6.07) is 4.75. The van der Waals surface area contributed by atoms with Crippen molar-refractivity contribution in [3.8, 4) is 17.2 Å². The van der Waals surface area contributed by atoms with Crippen molar-refractivity contribution < 1.29 is 23.8 Å². The smallest absolute Gasteiger partial charge is 0.311 e. The molecule has 0 aromatic heterocycles. The predicted octanol–water partition coefficient (Wildman–Crippen LogP) is 2.72. The summed E-state index contributed by atoms with van der Waals surface area (Å²) in [5.41, 5.74) is 0. The average molecular weight is 266 g/mol. The van der Waals surface area contributed by atoms with Gasteiger partial charge in [0, 0.05) is 18.9 Å². The molecule has 0 fully saturated rings. The predicted molar refractivity (Wildman–Crippen MR) is 69.5 cm³/mol. The lowest BCUT2D eigenvalue weighted by molar-refractivity contribution is -0.136. The highest BCUT2D eigenvalue weighted by Gasteiger charge is 2.13. The van der Waals surface area contributed by atoms with E-state index in [2.05, 4.69) is 0 Å². The second-order valence-corrected chi connectivity index (χ2v) is 3.70. The van der Waals surface area contributed by atoms with Crippen molar-refractivity contribution in [1.29, 1.82) is 0 Å². The van der Waals surface area contributed by atoms with E-state index in [-0.39, 0.29) is 24.3 Å². The van der Waals surface area contributed by atoms with Crippen molar-refractivity contribution >= 4 is 11.9 Å². The molecule has 0 unspecified atom stereocenters. The van der Waals surface area contributed by atoms with Crippen LogP contribution in [0.4, 0.5) is 0 Å². The number of carbonyl (C=O) groups is 2. The Balaban J connectivity index is 2.99. The highest BCUT2D eigenvalue weighted by atomic mass is 16.6. The summed E-state index contributed by atoms with van der Waals surface area (Å²) in [6.07, 6.45) is 0.481. The van der Waals surface area contributed by atoms with Crippen LogP contribution in [0.1, 0.15) is 33.6 Å². The van der Waals surface area contributed by atoms with Gasteiger partial charge in [-0.15, -0.1) is 0 Å². The van der Waals surface area contributed by atoms with Crippen molar-refractivity contribution in [2.24, 2.45) is 0 Å². The minimum atomic E-state index is -0.401. The first-order valence-corrected chi connectivity index (χ1v) is 6.28. The lowest BCUT2D eigenvalue weighted by Crippen LogP contribution is -2.10. The van der Waals surface area contributed by atoms with Gasteiger partial charge in [0.15, 0.2) is 11.5 Å². The zero-order chi connectivity index (χ0) is 14.3. The Hall–Kier alpha value is -2.04. The van der Waals surface area contributed by atoms with E-state index >= 15 is 0 Å². The van der Waals surface area contributed by atoms with Gasteiger partial charge >= 0.3 is 11.9 Å². The minimum Gasteiger partial charge on any atom is -0.494 e. The molecule has 0 heterocycles. The summed E-state index contributed by atoms with van der Waals surface area (Å²) < 4.78 is 15.5. The van der Waals surface area contributed by atoms with Crippen LogP contribution in [0.5, 0.6) is 17.2 Å². The summed E-state index contributed by atoms with van der Waals surface area (Å²) >= 11 is 0. The summed E-state index contributed by atoms with van der Waals surface area (Å²) in [7, 11) is 0. The molecule has 0 aliphatic rings. The second kappa shape index (κ2) is 7.41. The van der Waals surface area contributed by atoms with Gasteiger partial charge in [-0.05, 0) is 19.1 Å². The molecule has 19 heavy (non-hydrogen) atoms. The average Bonchev–Trinajstić information content (AvgIpc) is 2.41. The van der Waals surface area contributed by atoms with Crippen LogP contribution in [0, 0.1) is 0 Å². The zero-order valence-corrected chi connectivity index (χ0v) is 11.4. The van der Waals surface area contributed by atoms with E-state index < -0.39 is 11.9 Å². The third-order valence-electron chi connectivity index (χ3n) is 2.25. The molecule has 0 aliphatic carbocycles. The molecule has 0 atom stereocenters. The Morgan fingerprint density at radius 2 is 1.53 bits per heavy atom. The summed E-state index contributed by atoms with van der Waals surface area (Å²) in [5, 5.41) is 0.